The molecule has 0 atom stereocenters. The van der Waals surface area contributed by atoms with Crippen LogP contribution in [0.3, 0.4) is 0 Å². The molecule has 6 heteroatoms. The van der Waals surface area contributed by atoms with Crippen molar-refractivity contribution in [3.05, 3.63) is 69.3 Å². The van der Waals surface area contributed by atoms with Crippen molar-refractivity contribution >= 4 is 17.4 Å². The standard InChI is InChI=1S/C21H20N2O3S/c1-2-22-21(25)26-13-16-12-17(14-6-4-3-5-7-14)20(24)23-10-8-15-9-11-27-19(15)18(16)23/h3-7,9,11-12H,2,8,10,13H2,1H3,(H,22,25). The minimum absolute atomic E-state index is 0.00277. The first-order valence-electron chi connectivity index (χ1n) is 8.98. The van der Waals surface area contributed by atoms with Crippen LogP contribution in [0, 0.1) is 0 Å². The summed E-state index contributed by atoms with van der Waals surface area (Å²) in [6.07, 6.45) is 0.381. The molecule has 1 aromatic carbocycles. The molecule has 0 saturated heterocycles. The SMILES string of the molecule is CCNC(=O)OCc1cc(-c2ccccc2)c(=O)n2c1-c1sccc1CC2. The first-order chi connectivity index (χ1) is 13.2. The van der Waals surface area contributed by atoms with Gasteiger partial charge in [0, 0.05) is 24.2 Å². The molecule has 138 valence electrons. The summed E-state index contributed by atoms with van der Waals surface area (Å²) in [4.78, 5) is 26.1. The van der Waals surface area contributed by atoms with Crippen molar-refractivity contribution in [3.8, 4) is 21.7 Å². The number of pyridine rings is 1. The lowest BCUT2D eigenvalue weighted by Crippen LogP contribution is -2.29. The Morgan fingerprint density at radius 2 is 2.07 bits per heavy atom. The van der Waals surface area contributed by atoms with E-state index in [0.717, 1.165) is 28.1 Å². The van der Waals surface area contributed by atoms with Gasteiger partial charge in [0.25, 0.3) is 5.56 Å². The second kappa shape index (κ2) is 7.40. The number of hydrogen-bond donors (Lipinski definition) is 1. The first kappa shape index (κ1) is 17.5. The molecule has 0 fully saturated rings. The Morgan fingerprint density at radius 3 is 2.85 bits per heavy atom. The number of carbonyl (C=O) groups is 1. The van der Waals surface area contributed by atoms with Crippen LogP contribution in [0.5, 0.6) is 0 Å². The normalized spacial score (nSPS) is 12.2. The molecule has 1 amide bonds. The highest BCUT2D eigenvalue weighted by atomic mass is 32.1. The van der Waals surface area contributed by atoms with E-state index in [0.29, 0.717) is 18.7 Å². The third-order valence-corrected chi connectivity index (χ3v) is 5.66. The van der Waals surface area contributed by atoms with Crippen molar-refractivity contribution in [1.82, 2.24) is 9.88 Å². The third kappa shape index (κ3) is 3.28. The van der Waals surface area contributed by atoms with Gasteiger partial charge in [-0.3, -0.25) is 4.79 Å². The predicted molar refractivity (Wildman–Crippen MR) is 107 cm³/mol. The molecule has 0 unspecified atom stereocenters. The molecule has 1 N–H and O–H groups in total. The smallest absolute Gasteiger partial charge is 0.407 e. The summed E-state index contributed by atoms with van der Waals surface area (Å²) in [6.45, 7) is 3.11. The van der Waals surface area contributed by atoms with Crippen LogP contribution in [0.2, 0.25) is 0 Å². The van der Waals surface area contributed by atoms with E-state index in [1.807, 2.05) is 53.3 Å². The molecule has 3 aromatic rings. The molecule has 0 aliphatic carbocycles. The molecule has 0 saturated carbocycles. The number of aromatic nitrogens is 1. The Balaban J connectivity index is 1.85. The van der Waals surface area contributed by atoms with Gasteiger partial charge >= 0.3 is 6.09 Å². The monoisotopic (exact) mass is 380 g/mol. The van der Waals surface area contributed by atoms with Crippen LogP contribution in [-0.2, 0) is 24.3 Å². The number of ether oxygens (including phenoxy) is 1. The van der Waals surface area contributed by atoms with Crippen molar-refractivity contribution in [2.45, 2.75) is 26.5 Å². The van der Waals surface area contributed by atoms with Crippen LogP contribution in [0.25, 0.3) is 21.7 Å². The zero-order chi connectivity index (χ0) is 18.8. The number of benzene rings is 1. The second-order valence-corrected chi connectivity index (χ2v) is 7.30. The lowest BCUT2D eigenvalue weighted by molar-refractivity contribution is 0.140. The lowest BCUT2D eigenvalue weighted by atomic mass is 9.98. The molecule has 1 aliphatic rings. The quantitative estimate of drug-likeness (QED) is 0.743. The van der Waals surface area contributed by atoms with E-state index in [1.165, 1.54) is 5.56 Å². The molecule has 5 nitrogen and oxygen atoms in total. The molecule has 27 heavy (non-hydrogen) atoms. The maximum absolute atomic E-state index is 13.2. The fourth-order valence-corrected chi connectivity index (χ4v) is 4.49. The Kier molecular flexibility index (Phi) is 4.81. The number of aryl methyl sites for hydroxylation is 1. The predicted octanol–water partition coefficient (Wildman–Crippen LogP) is 4.05. The largest absolute Gasteiger partial charge is 0.445 e. The van der Waals surface area contributed by atoms with E-state index < -0.39 is 6.09 Å². The van der Waals surface area contributed by atoms with Crippen molar-refractivity contribution in [2.75, 3.05) is 6.54 Å². The van der Waals surface area contributed by atoms with Gasteiger partial charge in [0.2, 0.25) is 0 Å². The van der Waals surface area contributed by atoms with Crippen molar-refractivity contribution in [3.63, 3.8) is 0 Å². The Hall–Kier alpha value is -2.86. The number of nitrogens with zero attached hydrogens (tertiary/aromatic N) is 1. The number of thiophene rings is 1. The summed E-state index contributed by atoms with van der Waals surface area (Å²) < 4.78 is 7.23. The number of amides is 1. The number of alkyl carbamates (subject to hydrolysis) is 1. The minimum Gasteiger partial charge on any atom is -0.445 e. The molecule has 4 rings (SSSR count). The van der Waals surface area contributed by atoms with Gasteiger partial charge in [0.15, 0.2) is 0 Å². The summed E-state index contributed by atoms with van der Waals surface area (Å²) in [5.41, 5.74) is 4.47. The van der Waals surface area contributed by atoms with E-state index in [2.05, 4.69) is 11.4 Å². The van der Waals surface area contributed by atoms with E-state index in [1.54, 1.807) is 11.3 Å². The molecule has 0 bridgehead atoms. The van der Waals surface area contributed by atoms with Crippen molar-refractivity contribution < 1.29 is 9.53 Å². The van der Waals surface area contributed by atoms with Crippen LogP contribution in [0.1, 0.15) is 18.1 Å². The van der Waals surface area contributed by atoms with Gasteiger partial charge in [-0.2, -0.15) is 0 Å². The van der Waals surface area contributed by atoms with Gasteiger partial charge in [-0.15, -0.1) is 11.3 Å². The highest BCUT2D eigenvalue weighted by molar-refractivity contribution is 7.13. The summed E-state index contributed by atoms with van der Waals surface area (Å²) in [6, 6.07) is 13.6. The number of hydrogen-bond acceptors (Lipinski definition) is 4. The summed E-state index contributed by atoms with van der Waals surface area (Å²) in [5, 5.41) is 4.69. The topological polar surface area (TPSA) is 60.3 Å². The summed E-state index contributed by atoms with van der Waals surface area (Å²) >= 11 is 1.62. The maximum atomic E-state index is 13.2. The number of rotatable bonds is 4. The van der Waals surface area contributed by atoms with Crippen LogP contribution in [-0.4, -0.2) is 17.2 Å². The Bertz CT molecular complexity index is 1040. The highest BCUT2D eigenvalue weighted by Crippen LogP contribution is 2.37. The Labute approximate surface area is 161 Å². The molecular weight excluding hydrogens is 360 g/mol. The van der Waals surface area contributed by atoms with Gasteiger partial charge < -0.3 is 14.6 Å². The molecule has 0 radical (unpaired) electrons. The average Bonchev–Trinajstić information content (AvgIpc) is 3.17. The van der Waals surface area contributed by atoms with Crippen LogP contribution in [0.4, 0.5) is 4.79 Å². The van der Waals surface area contributed by atoms with E-state index in [9.17, 15) is 9.59 Å². The zero-order valence-corrected chi connectivity index (χ0v) is 15.8. The van der Waals surface area contributed by atoms with Gasteiger partial charge in [-0.05, 0) is 42.0 Å². The number of nitrogens with one attached hydrogen (secondary N) is 1. The summed E-state index contributed by atoms with van der Waals surface area (Å²) in [7, 11) is 0. The van der Waals surface area contributed by atoms with Crippen molar-refractivity contribution in [1.29, 1.82) is 0 Å². The van der Waals surface area contributed by atoms with Crippen molar-refractivity contribution in [2.24, 2.45) is 0 Å². The van der Waals surface area contributed by atoms with Gasteiger partial charge in [-0.25, -0.2) is 4.79 Å². The molecule has 2 aromatic heterocycles. The average molecular weight is 380 g/mol. The van der Waals surface area contributed by atoms with E-state index >= 15 is 0 Å². The van der Waals surface area contributed by atoms with Crippen LogP contribution < -0.4 is 10.9 Å². The fraction of sp³-hybridized carbons (Fsp3) is 0.238. The second-order valence-electron chi connectivity index (χ2n) is 6.39. The fourth-order valence-electron chi connectivity index (χ4n) is 3.45. The van der Waals surface area contributed by atoms with E-state index in [4.69, 9.17) is 4.74 Å². The van der Waals surface area contributed by atoms with Crippen LogP contribution >= 0.6 is 11.3 Å². The minimum atomic E-state index is -0.453. The molecular formula is C21H20N2O3S. The van der Waals surface area contributed by atoms with Gasteiger partial charge in [-0.1, -0.05) is 30.3 Å². The van der Waals surface area contributed by atoms with Gasteiger partial charge in [0.05, 0.1) is 10.6 Å². The van der Waals surface area contributed by atoms with Gasteiger partial charge in [0.1, 0.15) is 6.61 Å². The Morgan fingerprint density at radius 1 is 1.26 bits per heavy atom. The number of fused-ring (bicyclic) bond motifs is 3. The van der Waals surface area contributed by atoms with Crippen LogP contribution in [0.15, 0.2) is 52.6 Å². The highest BCUT2D eigenvalue weighted by Gasteiger charge is 2.24. The number of carbonyl (C=O) groups excluding carboxylic acids is 1. The zero-order valence-electron chi connectivity index (χ0n) is 15.0. The molecule has 3 heterocycles. The molecule has 1 aliphatic heterocycles. The third-order valence-electron chi connectivity index (χ3n) is 4.70. The maximum Gasteiger partial charge on any atom is 0.407 e. The summed E-state index contributed by atoms with van der Waals surface area (Å²) in [5.74, 6) is 0. The van der Waals surface area contributed by atoms with E-state index in [-0.39, 0.29) is 12.2 Å². The lowest BCUT2D eigenvalue weighted by Gasteiger charge is -2.23. The molecule has 0 spiro atoms. The first-order valence-corrected chi connectivity index (χ1v) is 9.86.